The first-order valence-electron chi connectivity index (χ1n) is 10.1. The molecule has 0 radical (unpaired) electrons. The Hall–Kier alpha value is -1.71. The number of hydrogen-bond acceptors (Lipinski definition) is 6. The van der Waals surface area contributed by atoms with Crippen LogP contribution in [-0.4, -0.2) is 54.0 Å². The van der Waals surface area contributed by atoms with Gasteiger partial charge in [0, 0.05) is 31.2 Å². The Morgan fingerprint density at radius 2 is 1.64 bits per heavy atom. The molecule has 1 aromatic rings. The number of nitro groups is 1. The zero-order chi connectivity index (χ0) is 19.9. The minimum absolute atomic E-state index is 0.00533. The molecule has 1 N–H and O–H groups in total. The maximum absolute atomic E-state index is 13.0. The van der Waals surface area contributed by atoms with Gasteiger partial charge in [-0.1, -0.05) is 12.8 Å². The number of nitro benzene ring substituents is 1. The molecule has 2 bridgehead atoms. The van der Waals surface area contributed by atoms with Gasteiger partial charge in [-0.05, 0) is 50.7 Å². The Kier molecular flexibility index (Phi) is 5.32. The second kappa shape index (κ2) is 7.61. The largest absolute Gasteiger partial charge is 0.393 e. The summed E-state index contributed by atoms with van der Waals surface area (Å²) >= 11 is 0. The molecule has 1 aromatic carbocycles. The third kappa shape index (κ3) is 3.51. The molecular formula is C19H27N3O5S. The molecule has 3 saturated heterocycles. The second-order valence-corrected chi connectivity index (χ2v) is 10.1. The summed E-state index contributed by atoms with van der Waals surface area (Å²) in [4.78, 5) is 13.3. The van der Waals surface area contributed by atoms with Gasteiger partial charge >= 0.3 is 0 Å². The van der Waals surface area contributed by atoms with Crippen LogP contribution in [0.4, 0.5) is 11.4 Å². The van der Waals surface area contributed by atoms with Crippen LogP contribution in [0.2, 0.25) is 0 Å². The molecule has 0 aliphatic carbocycles. The number of nitrogens with zero attached hydrogens (tertiary/aromatic N) is 3. The summed E-state index contributed by atoms with van der Waals surface area (Å²) in [6.45, 7) is 0.929. The Morgan fingerprint density at radius 3 is 2.21 bits per heavy atom. The van der Waals surface area contributed by atoms with Crippen molar-refractivity contribution in [3.05, 3.63) is 28.3 Å². The molecule has 0 amide bonds. The summed E-state index contributed by atoms with van der Waals surface area (Å²) in [6, 6.07) is 4.46. The number of aliphatic hydroxyl groups is 1. The van der Waals surface area contributed by atoms with E-state index in [2.05, 4.69) is 0 Å². The van der Waals surface area contributed by atoms with E-state index in [-0.39, 0.29) is 28.8 Å². The third-order valence-electron chi connectivity index (χ3n) is 6.33. The number of benzene rings is 1. The number of hydrogen-bond donors (Lipinski definition) is 1. The van der Waals surface area contributed by atoms with Crippen LogP contribution in [0, 0.1) is 10.1 Å². The van der Waals surface area contributed by atoms with Gasteiger partial charge in [0.25, 0.3) is 5.69 Å². The Bertz CT molecular complexity index is 837. The highest BCUT2D eigenvalue weighted by Gasteiger charge is 2.42. The van der Waals surface area contributed by atoms with Crippen molar-refractivity contribution in [1.29, 1.82) is 0 Å². The topological polar surface area (TPSA) is 104 Å². The lowest BCUT2D eigenvalue weighted by Gasteiger charge is -2.38. The zero-order valence-corrected chi connectivity index (χ0v) is 16.7. The van der Waals surface area contributed by atoms with Gasteiger partial charge in [0.15, 0.2) is 0 Å². The molecular weight excluding hydrogens is 382 g/mol. The summed E-state index contributed by atoms with van der Waals surface area (Å²) < 4.78 is 27.5. The van der Waals surface area contributed by atoms with E-state index in [9.17, 15) is 23.6 Å². The van der Waals surface area contributed by atoms with Crippen molar-refractivity contribution in [2.45, 2.75) is 74.4 Å². The van der Waals surface area contributed by atoms with Gasteiger partial charge in [-0.3, -0.25) is 10.1 Å². The standard InChI is InChI=1S/C19H27N3O5S/c23-16-11-14-5-6-15(12-16)21(14)18-8-7-17(13-19(18)22(24)25)28(26,27)20-9-3-1-2-4-10-20/h7-8,13-16,23H,1-6,9-12H2. The highest BCUT2D eigenvalue weighted by molar-refractivity contribution is 7.89. The number of fused-ring (bicyclic) bond motifs is 2. The van der Waals surface area contributed by atoms with Crippen molar-refractivity contribution in [2.24, 2.45) is 0 Å². The SMILES string of the molecule is O=[N+]([O-])c1cc(S(=O)(=O)N2CCCCCC2)ccc1N1C2CCC1CC(O)C2. The third-order valence-corrected chi connectivity index (χ3v) is 8.23. The lowest BCUT2D eigenvalue weighted by molar-refractivity contribution is -0.384. The Balaban J connectivity index is 1.69. The number of anilines is 1. The predicted molar refractivity (Wildman–Crippen MR) is 105 cm³/mol. The van der Waals surface area contributed by atoms with Gasteiger partial charge < -0.3 is 10.0 Å². The lowest BCUT2D eigenvalue weighted by Crippen LogP contribution is -2.45. The van der Waals surface area contributed by atoms with Crippen LogP contribution < -0.4 is 4.90 Å². The van der Waals surface area contributed by atoms with Crippen molar-refractivity contribution >= 4 is 21.4 Å². The maximum Gasteiger partial charge on any atom is 0.293 e. The minimum atomic E-state index is -3.74. The molecule has 3 aliphatic heterocycles. The molecule has 0 saturated carbocycles. The highest BCUT2D eigenvalue weighted by Crippen LogP contribution is 2.43. The summed E-state index contributed by atoms with van der Waals surface area (Å²) in [5.74, 6) is 0. The number of sulfonamides is 1. The van der Waals surface area contributed by atoms with Gasteiger partial charge in [-0.15, -0.1) is 0 Å². The minimum Gasteiger partial charge on any atom is -0.393 e. The average molecular weight is 410 g/mol. The molecule has 0 spiro atoms. The van der Waals surface area contributed by atoms with E-state index >= 15 is 0 Å². The fourth-order valence-electron chi connectivity index (χ4n) is 5.00. The molecule has 3 fully saturated rings. The first-order chi connectivity index (χ1) is 13.4. The van der Waals surface area contributed by atoms with E-state index in [4.69, 9.17) is 0 Å². The van der Waals surface area contributed by atoms with E-state index in [0.717, 1.165) is 38.5 Å². The van der Waals surface area contributed by atoms with Crippen LogP contribution in [0.3, 0.4) is 0 Å². The molecule has 2 unspecified atom stereocenters. The van der Waals surface area contributed by atoms with Crippen molar-refractivity contribution < 1.29 is 18.4 Å². The smallest absolute Gasteiger partial charge is 0.293 e. The molecule has 0 aromatic heterocycles. The van der Waals surface area contributed by atoms with Crippen LogP contribution >= 0.6 is 0 Å². The van der Waals surface area contributed by atoms with Gasteiger partial charge in [0.1, 0.15) is 5.69 Å². The fraction of sp³-hybridized carbons (Fsp3) is 0.684. The van der Waals surface area contributed by atoms with Crippen molar-refractivity contribution in [3.8, 4) is 0 Å². The molecule has 2 atom stereocenters. The summed E-state index contributed by atoms with van der Waals surface area (Å²) in [6.07, 6.45) is 6.28. The molecule has 3 aliphatic rings. The molecule has 3 heterocycles. The van der Waals surface area contributed by atoms with E-state index < -0.39 is 14.9 Å². The Labute approximate surface area is 165 Å². The molecule has 28 heavy (non-hydrogen) atoms. The molecule has 154 valence electrons. The summed E-state index contributed by atoms with van der Waals surface area (Å²) in [5.41, 5.74) is 0.309. The van der Waals surface area contributed by atoms with Crippen LogP contribution in [0.5, 0.6) is 0 Å². The van der Waals surface area contributed by atoms with Gasteiger partial charge in [0.05, 0.1) is 15.9 Å². The normalized spacial score (nSPS) is 28.9. The fourth-order valence-corrected chi connectivity index (χ4v) is 6.54. The van der Waals surface area contributed by atoms with Gasteiger partial charge in [0.2, 0.25) is 10.0 Å². The van der Waals surface area contributed by atoms with Crippen LogP contribution in [-0.2, 0) is 10.0 Å². The average Bonchev–Trinajstić information content (AvgIpc) is 2.86. The van der Waals surface area contributed by atoms with E-state index in [1.807, 2.05) is 4.90 Å². The first kappa shape index (κ1) is 19.6. The van der Waals surface area contributed by atoms with E-state index in [1.54, 1.807) is 6.07 Å². The van der Waals surface area contributed by atoms with Crippen LogP contribution in [0.1, 0.15) is 51.4 Å². The zero-order valence-electron chi connectivity index (χ0n) is 15.9. The van der Waals surface area contributed by atoms with Crippen molar-refractivity contribution in [2.75, 3.05) is 18.0 Å². The van der Waals surface area contributed by atoms with E-state index in [1.165, 1.54) is 16.4 Å². The first-order valence-corrected chi connectivity index (χ1v) is 11.6. The monoisotopic (exact) mass is 409 g/mol. The van der Waals surface area contributed by atoms with Crippen molar-refractivity contribution in [3.63, 3.8) is 0 Å². The Morgan fingerprint density at radius 1 is 1.04 bits per heavy atom. The predicted octanol–water partition coefficient (Wildman–Crippen LogP) is 2.65. The van der Waals surface area contributed by atoms with Crippen molar-refractivity contribution in [1.82, 2.24) is 4.31 Å². The molecule has 9 heteroatoms. The van der Waals surface area contributed by atoms with Gasteiger partial charge in [-0.25, -0.2) is 8.42 Å². The number of rotatable bonds is 4. The lowest BCUT2D eigenvalue weighted by atomic mass is 9.98. The van der Waals surface area contributed by atoms with Crippen LogP contribution in [0.25, 0.3) is 0 Å². The quantitative estimate of drug-likeness (QED) is 0.606. The molecule has 8 nitrogen and oxygen atoms in total. The number of piperidine rings is 1. The van der Waals surface area contributed by atoms with Crippen LogP contribution in [0.15, 0.2) is 23.1 Å². The number of aliphatic hydroxyl groups excluding tert-OH is 1. The highest BCUT2D eigenvalue weighted by atomic mass is 32.2. The van der Waals surface area contributed by atoms with Gasteiger partial charge in [-0.2, -0.15) is 4.31 Å². The summed E-state index contributed by atoms with van der Waals surface area (Å²) in [5, 5.41) is 21.8. The summed E-state index contributed by atoms with van der Waals surface area (Å²) in [7, 11) is -3.74. The second-order valence-electron chi connectivity index (χ2n) is 8.14. The molecule has 4 rings (SSSR count). The van der Waals surface area contributed by atoms with E-state index in [0.29, 0.717) is 31.6 Å². The maximum atomic E-state index is 13.0.